The molecular formula is C14H22N2O2. The van der Waals surface area contributed by atoms with E-state index >= 15 is 0 Å². The number of likely N-dealkylation sites (N-methyl/N-ethyl adjacent to an activating group) is 1. The third-order valence-corrected chi connectivity index (χ3v) is 3.27. The Kier molecular flexibility index (Phi) is 4.87. The summed E-state index contributed by atoms with van der Waals surface area (Å²) in [5.41, 5.74) is 1.40. The Morgan fingerprint density at radius 2 is 2.06 bits per heavy atom. The van der Waals surface area contributed by atoms with Crippen LogP contribution >= 0.6 is 0 Å². The fourth-order valence-electron chi connectivity index (χ4n) is 1.49. The Bertz CT molecular complexity index is 414. The van der Waals surface area contributed by atoms with Crippen LogP contribution in [0.15, 0.2) is 24.3 Å². The molecule has 0 aromatic heterocycles. The van der Waals surface area contributed by atoms with Crippen molar-refractivity contribution in [2.45, 2.75) is 25.9 Å². The Labute approximate surface area is 109 Å². The van der Waals surface area contributed by atoms with E-state index in [0.29, 0.717) is 12.1 Å². The second kappa shape index (κ2) is 5.98. The van der Waals surface area contributed by atoms with E-state index in [9.17, 15) is 4.79 Å². The molecule has 4 heteroatoms. The van der Waals surface area contributed by atoms with Gasteiger partial charge in [-0.25, -0.2) is 4.79 Å². The van der Waals surface area contributed by atoms with Gasteiger partial charge in [-0.1, -0.05) is 12.1 Å². The molecule has 4 nitrogen and oxygen atoms in total. The summed E-state index contributed by atoms with van der Waals surface area (Å²) >= 11 is 0. The third kappa shape index (κ3) is 4.13. The van der Waals surface area contributed by atoms with E-state index in [2.05, 4.69) is 24.1 Å². The highest BCUT2D eigenvalue weighted by molar-refractivity contribution is 5.87. The van der Waals surface area contributed by atoms with Crippen LogP contribution in [0.2, 0.25) is 0 Å². The van der Waals surface area contributed by atoms with Gasteiger partial charge >= 0.3 is 5.97 Å². The minimum Gasteiger partial charge on any atom is -0.478 e. The van der Waals surface area contributed by atoms with Crippen molar-refractivity contribution in [1.29, 1.82) is 0 Å². The van der Waals surface area contributed by atoms with Gasteiger partial charge in [-0.3, -0.25) is 0 Å². The highest BCUT2D eigenvalue weighted by Crippen LogP contribution is 2.09. The van der Waals surface area contributed by atoms with Crippen molar-refractivity contribution in [3.63, 3.8) is 0 Å². The molecule has 0 atom stereocenters. The minimum atomic E-state index is -0.884. The first-order valence-electron chi connectivity index (χ1n) is 6.03. The van der Waals surface area contributed by atoms with Gasteiger partial charge in [0.25, 0.3) is 0 Å². The number of carboxylic acid groups (broad SMARTS) is 1. The van der Waals surface area contributed by atoms with Crippen molar-refractivity contribution in [3.8, 4) is 0 Å². The highest BCUT2D eigenvalue weighted by atomic mass is 16.4. The molecule has 0 saturated carbocycles. The van der Waals surface area contributed by atoms with E-state index in [-0.39, 0.29) is 5.54 Å². The molecule has 0 fully saturated rings. The molecule has 1 aromatic carbocycles. The van der Waals surface area contributed by atoms with Crippen molar-refractivity contribution < 1.29 is 9.90 Å². The van der Waals surface area contributed by atoms with E-state index in [0.717, 1.165) is 12.1 Å². The van der Waals surface area contributed by atoms with E-state index in [1.54, 1.807) is 18.2 Å². The first-order chi connectivity index (χ1) is 8.33. The number of hydrogen-bond acceptors (Lipinski definition) is 3. The van der Waals surface area contributed by atoms with Crippen molar-refractivity contribution in [2.75, 3.05) is 20.6 Å². The monoisotopic (exact) mass is 250 g/mol. The second-order valence-corrected chi connectivity index (χ2v) is 5.32. The van der Waals surface area contributed by atoms with E-state index in [4.69, 9.17) is 5.11 Å². The van der Waals surface area contributed by atoms with Crippen LogP contribution in [-0.2, 0) is 6.54 Å². The molecule has 0 aliphatic carbocycles. The van der Waals surface area contributed by atoms with Gasteiger partial charge in [0, 0.05) is 18.6 Å². The van der Waals surface area contributed by atoms with Crippen LogP contribution in [0.1, 0.15) is 29.8 Å². The van der Waals surface area contributed by atoms with Gasteiger partial charge in [0.15, 0.2) is 0 Å². The number of carboxylic acids is 1. The van der Waals surface area contributed by atoms with Crippen molar-refractivity contribution in [1.82, 2.24) is 10.2 Å². The zero-order valence-corrected chi connectivity index (χ0v) is 11.5. The SMILES string of the molecule is CN(C)C(C)(C)CNCc1cccc(C(=O)O)c1. The zero-order chi connectivity index (χ0) is 13.8. The molecule has 0 saturated heterocycles. The summed E-state index contributed by atoms with van der Waals surface area (Å²) in [5.74, 6) is -0.884. The standard InChI is InChI=1S/C14H22N2O2/c1-14(2,16(3)4)10-15-9-11-6-5-7-12(8-11)13(17)18/h5-8,15H,9-10H2,1-4H3,(H,17,18). The average Bonchev–Trinajstić information content (AvgIpc) is 2.29. The van der Waals surface area contributed by atoms with Crippen molar-refractivity contribution in [3.05, 3.63) is 35.4 Å². The van der Waals surface area contributed by atoms with Gasteiger partial charge in [0.05, 0.1) is 5.56 Å². The van der Waals surface area contributed by atoms with Gasteiger partial charge in [-0.15, -0.1) is 0 Å². The lowest BCUT2D eigenvalue weighted by atomic mass is 10.0. The molecule has 1 rings (SSSR count). The lowest BCUT2D eigenvalue weighted by Crippen LogP contribution is -2.46. The van der Waals surface area contributed by atoms with Crippen molar-refractivity contribution >= 4 is 5.97 Å². The summed E-state index contributed by atoms with van der Waals surface area (Å²) in [6.07, 6.45) is 0. The topological polar surface area (TPSA) is 52.6 Å². The summed E-state index contributed by atoms with van der Waals surface area (Å²) in [4.78, 5) is 13.0. The Morgan fingerprint density at radius 1 is 1.39 bits per heavy atom. The lowest BCUT2D eigenvalue weighted by molar-refractivity contribution is 0.0696. The second-order valence-electron chi connectivity index (χ2n) is 5.32. The van der Waals surface area contributed by atoms with Crippen LogP contribution in [0.5, 0.6) is 0 Å². The van der Waals surface area contributed by atoms with Crippen LogP contribution in [0, 0.1) is 0 Å². The minimum absolute atomic E-state index is 0.0738. The van der Waals surface area contributed by atoms with E-state index in [1.807, 2.05) is 20.2 Å². The number of benzene rings is 1. The van der Waals surface area contributed by atoms with Crippen molar-refractivity contribution in [2.24, 2.45) is 0 Å². The van der Waals surface area contributed by atoms with Gasteiger partial charge in [0.1, 0.15) is 0 Å². The lowest BCUT2D eigenvalue weighted by Gasteiger charge is -2.32. The molecule has 0 amide bonds. The molecular weight excluding hydrogens is 228 g/mol. The molecule has 1 aromatic rings. The fraction of sp³-hybridized carbons (Fsp3) is 0.500. The van der Waals surface area contributed by atoms with Gasteiger partial charge in [0.2, 0.25) is 0 Å². The molecule has 0 unspecified atom stereocenters. The highest BCUT2D eigenvalue weighted by Gasteiger charge is 2.19. The first-order valence-corrected chi connectivity index (χ1v) is 6.03. The normalized spacial score (nSPS) is 11.8. The fourth-order valence-corrected chi connectivity index (χ4v) is 1.49. The molecule has 2 N–H and O–H groups in total. The number of nitrogens with zero attached hydrogens (tertiary/aromatic N) is 1. The van der Waals surface area contributed by atoms with Gasteiger partial charge in [-0.2, -0.15) is 0 Å². The zero-order valence-electron chi connectivity index (χ0n) is 11.5. The number of rotatable bonds is 6. The third-order valence-electron chi connectivity index (χ3n) is 3.27. The Hall–Kier alpha value is -1.39. The Morgan fingerprint density at radius 3 is 2.61 bits per heavy atom. The molecule has 0 radical (unpaired) electrons. The van der Waals surface area contributed by atoms with Crippen LogP contribution in [-0.4, -0.2) is 42.2 Å². The smallest absolute Gasteiger partial charge is 0.335 e. The first kappa shape index (κ1) is 14.7. The molecule has 0 aliphatic heterocycles. The predicted molar refractivity (Wildman–Crippen MR) is 72.9 cm³/mol. The molecule has 100 valence electrons. The Balaban J connectivity index is 2.54. The molecule has 0 bridgehead atoms. The van der Waals surface area contributed by atoms with Crippen LogP contribution in [0.3, 0.4) is 0 Å². The molecule has 0 heterocycles. The predicted octanol–water partition coefficient (Wildman–Crippen LogP) is 1.81. The number of aromatic carboxylic acids is 1. The maximum atomic E-state index is 10.8. The van der Waals surface area contributed by atoms with E-state index < -0.39 is 5.97 Å². The van der Waals surface area contributed by atoms with Gasteiger partial charge < -0.3 is 15.3 Å². The quantitative estimate of drug-likeness (QED) is 0.808. The maximum Gasteiger partial charge on any atom is 0.335 e. The molecule has 0 aliphatic rings. The number of nitrogens with one attached hydrogen (secondary N) is 1. The summed E-state index contributed by atoms with van der Waals surface area (Å²) in [5, 5.41) is 12.3. The largest absolute Gasteiger partial charge is 0.478 e. The number of hydrogen-bond donors (Lipinski definition) is 2. The van der Waals surface area contributed by atoms with Gasteiger partial charge in [-0.05, 0) is 45.6 Å². The molecule has 0 spiro atoms. The number of carbonyl (C=O) groups is 1. The maximum absolute atomic E-state index is 10.8. The summed E-state index contributed by atoms with van der Waals surface area (Å²) in [7, 11) is 4.10. The summed E-state index contributed by atoms with van der Waals surface area (Å²) in [6, 6.07) is 7.02. The summed E-state index contributed by atoms with van der Waals surface area (Å²) < 4.78 is 0. The van der Waals surface area contributed by atoms with Crippen LogP contribution < -0.4 is 5.32 Å². The van der Waals surface area contributed by atoms with Crippen LogP contribution in [0.25, 0.3) is 0 Å². The van der Waals surface area contributed by atoms with Crippen LogP contribution in [0.4, 0.5) is 0 Å². The molecule has 18 heavy (non-hydrogen) atoms. The average molecular weight is 250 g/mol. The van der Waals surface area contributed by atoms with E-state index in [1.165, 1.54) is 0 Å². The summed E-state index contributed by atoms with van der Waals surface area (Å²) in [6.45, 7) is 5.84.